The summed E-state index contributed by atoms with van der Waals surface area (Å²) >= 11 is 13.5. The number of rotatable bonds is 12. The highest BCUT2D eigenvalue weighted by Gasteiger charge is 2.13. The van der Waals surface area contributed by atoms with E-state index in [4.69, 9.17) is 27.9 Å². The third-order valence-corrected chi connectivity index (χ3v) is 5.28. The first-order valence-corrected chi connectivity index (χ1v) is 11.0. The highest BCUT2D eigenvalue weighted by Crippen LogP contribution is 2.23. The summed E-state index contributed by atoms with van der Waals surface area (Å²) in [6, 6.07) is 13.1. The van der Waals surface area contributed by atoms with Gasteiger partial charge in [0.25, 0.3) is 0 Å². The predicted octanol–water partition coefficient (Wildman–Crippen LogP) is 3.96. The second-order valence-electron chi connectivity index (χ2n) is 6.32. The third kappa shape index (κ3) is 8.07. The first-order chi connectivity index (χ1) is 13.5. The zero-order chi connectivity index (χ0) is 20.4. The number of hydrogen-bond donors (Lipinski definition) is 3. The number of hydrogen-bond acceptors (Lipinski definition) is 6. The van der Waals surface area contributed by atoms with Crippen LogP contribution >= 0.6 is 35.1 Å². The molecule has 0 amide bonds. The molecule has 0 aliphatic heterocycles. The van der Waals surface area contributed by atoms with Crippen LogP contribution in [0.4, 0.5) is 5.69 Å². The summed E-state index contributed by atoms with van der Waals surface area (Å²) in [7, 11) is 0. The van der Waals surface area contributed by atoms with E-state index in [0.717, 1.165) is 17.7 Å². The molecule has 0 aromatic heterocycles. The Balaban J connectivity index is 1.80. The number of nitrogens with zero attached hydrogens (tertiary/aromatic N) is 1. The van der Waals surface area contributed by atoms with Crippen LogP contribution in [0.3, 0.4) is 0 Å². The lowest BCUT2D eigenvalue weighted by Crippen LogP contribution is -2.38. The molecule has 2 aromatic rings. The largest absolute Gasteiger partial charge is 0.491 e. The number of aliphatic hydroxyl groups is 2. The van der Waals surface area contributed by atoms with E-state index >= 15 is 0 Å². The number of anilines is 1. The Morgan fingerprint density at radius 3 is 2.50 bits per heavy atom. The van der Waals surface area contributed by atoms with Gasteiger partial charge < -0.3 is 19.7 Å². The van der Waals surface area contributed by atoms with Crippen LogP contribution in [-0.4, -0.2) is 60.3 Å². The monoisotopic (exact) mass is 444 g/mol. The van der Waals surface area contributed by atoms with Crippen LogP contribution in [0.25, 0.3) is 0 Å². The van der Waals surface area contributed by atoms with Crippen molar-refractivity contribution in [2.24, 2.45) is 0 Å². The molecule has 0 aliphatic carbocycles. The molecule has 0 spiro atoms. The molecule has 0 saturated heterocycles. The Labute approximate surface area is 180 Å². The van der Waals surface area contributed by atoms with Gasteiger partial charge in [0, 0.05) is 31.6 Å². The fraction of sp³-hybridized carbons (Fsp3) is 0.400. The molecule has 28 heavy (non-hydrogen) atoms. The number of benzene rings is 2. The van der Waals surface area contributed by atoms with Gasteiger partial charge in [-0.25, -0.2) is 0 Å². The second kappa shape index (κ2) is 12.4. The van der Waals surface area contributed by atoms with Crippen LogP contribution in [0.15, 0.2) is 42.5 Å². The molecule has 154 valence electrons. The highest BCUT2D eigenvalue weighted by molar-refractivity contribution is 7.99. The van der Waals surface area contributed by atoms with E-state index in [1.807, 2.05) is 47.6 Å². The standard InChI is InChI=1S/C20H26Cl2N2O3S/c1-28-23-16-3-5-18(6-4-16)27-14-17(26)13-24(10-11-25)9-8-15-2-7-19(21)20(22)12-15/h2-7,12,17,23,25-26H,8-11,13-14H2,1H3. The molecular formula is C20H26Cl2N2O3S. The Kier molecular flexibility index (Phi) is 10.3. The van der Waals surface area contributed by atoms with Gasteiger partial charge in [0.15, 0.2) is 0 Å². The maximum Gasteiger partial charge on any atom is 0.119 e. The average molecular weight is 445 g/mol. The van der Waals surface area contributed by atoms with Crippen LogP contribution in [0.2, 0.25) is 10.0 Å². The zero-order valence-corrected chi connectivity index (χ0v) is 18.1. The van der Waals surface area contributed by atoms with Gasteiger partial charge in [-0.1, -0.05) is 41.2 Å². The van der Waals surface area contributed by atoms with Crippen molar-refractivity contribution >= 4 is 40.8 Å². The molecule has 0 saturated carbocycles. The summed E-state index contributed by atoms with van der Waals surface area (Å²) in [6.07, 6.45) is 2.04. The maximum atomic E-state index is 10.3. The fourth-order valence-electron chi connectivity index (χ4n) is 2.70. The lowest BCUT2D eigenvalue weighted by atomic mass is 10.1. The molecule has 8 heteroatoms. The van der Waals surface area contributed by atoms with Gasteiger partial charge in [-0.05, 0) is 48.4 Å². The molecule has 2 aromatic carbocycles. The van der Waals surface area contributed by atoms with E-state index in [2.05, 4.69) is 4.72 Å². The zero-order valence-electron chi connectivity index (χ0n) is 15.8. The van der Waals surface area contributed by atoms with Crippen LogP contribution in [0.1, 0.15) is 5.56 Å². The number of ether oxygens (including phenoxy) is 1. The summed E-state index contributed by atoms with van der Waals surface area (Å²) in [6.45, 7) is 1.79. The lowest BCUT2D eigenvalue weighted by molar-refractivity contribution is 0.0622. The molecule has 0 fully saturated rings. The lowest BCUT2D eigenvalue weighted by Gasteiger charge is -2.24. The van der Waals surface area contributed by atoms with E-state index in [1.165, 1.54) is 11.9 Å². The number of halogens is 2. The minimum atomic E-state index is -0.663. The van der Waals surface area contributed by atoms with E-state index in [1.54, 1.807) is 6.07 Å². The molecule has 0 aliphatic rings. The quantitative estimate of drug-likeness (QED) is 0.430. The molecule has 3 N–H and O–H groups in total. The maximum absolute atomic E-state index is 10.3. The van der Waals surface area contributed by atoms with Gasteiger partial charge in [-0.3, -0.25) is 4.90 Å². The minimum Gasteiger partial charge on any atom is -0.491 e. The summed E-state index contributed by atoms with van der Waals surface area (Å²) in [5.41, 5.74) is 2.05. The van der Waals surface area contributed by atoms with Gasteiger partial charge >= 0.3 is 0 Å². The van der Waals surface area contributed by atoms with Crippen molar-refractivity contribution in [3.8, 4) is 5.75 Å². The SMILES string of the molecule is CSNc1ccc(OCC(O)CN(CCO)CCc2ccc(Cl)c(Cl)c2)cc1. The van der Waals surface area contributed by atoms with E-state index in [0.29, 0.717) is 35.4 Å². The van der Waals surface area contributed by atoms with Crippen molar-refractivity contribution in [1.82, 2.24) is 4.90 Å². The van der Waals surface area contributed by atoms with Crippen LogP contribution in [-0.2, 0) is 6.42 Å². The predicted molar refractivity (Wildman–Crippen MR) is 119 cm³/mol. The van der Waals surface area contributed by atoms with Crippen molar-refractivity contribution in [2.75, 3.05) is 43.8 Å². The van der Waals surface area contributed by atoms with E-state index < -0.39 is 6.10 Å². The van der Waals surface area contributed by atoms with Gasteiger partial charge in [0.05, 0.1) is 16.7 Å². The molecule has 0 bridgehead atoms. The molecule has 2 rings (SSSR count). The molecule has 1 unspecified atom stereocenters. The summed E-state index contributed by atoms with van der Waals surface area (Å²) < 4.78 is 8.81. The normalized spacial score (nSPS) is 12.2. The van der Waals surface area contributed by atoms with Gasteiger partial charge in [0.2, 0.25) is 0 Å². The molecule has 0 radical (unpaired) electrons. The summed E-state index contributed by atoms with van der Waals surface area (Å²) in [5, 5.41) is 20.7. The van der Waals surface area contributed by atoms with E-state index in [-0.39, 0.29) is 13.2 Å². The summed E-state index contributed by atoms with van der Waals surface area (Å²) in [5.74, 6) is 0.704. The third-order valence-electron chi connectivity index (χ3n) is 4.10. The smallest absolute Gasteiger partial charge is 0.119 e. The fourth-order valence-corrected chi connectivity index (χ4v) is 3.39. The molecular weight excluding hydrogens is 419 g/mol. The minimum absolute atomic E-state index is 0.0266. The van der Waals surface area contributed by atoms with Crippen molar-refractivity contribution in [3.05, 3.63) is 58.1 Å². The van der Waals surface area contributed by atoms with Crippen molar-refractivity contribution in [2.45, 2.75) is 12.5 Å². The topological polar surface area (TPSA) is 65.0 Å². The summed E-state index contributed by atoms with van der Waals surface area (Å²) in [4.78, 5) is 2.00. The Morgan fingerprint density at radius 2 is 1.86 bits per heavy atom. The van der Waals surface area contributed by atoms with Crippen molar-refractivity contribution in [3.63, 3.8) is 0 Å². The van der Waals surface area contributed by atoms with Crippen LogP contribution in [0, 0.1) is 0 Å². The molecule has 1 atom stereocenters. The number of nitrogens with one attached hydrogen (secondary N) is 1. The number of aliphatic hydroxyl groups excluding tert-OH is 2. The van der Waals surface area contributed by atoms with Gasteiger partial charge in [-0.15, -0.1) is 0 Å². The van der Waals surface area contributed by atoms with Crippen molar-refractivity contribution < 1.29 is 14.9 Å². The average Bonchev–Trinajstić information content (AvgIpc) is 2.68. The first-order valence-electron chi connectivity index (χ1n) is 8.99. The van der Waals surface area contributed by atoms with Crippen LogP contribution < -0.4 is 9.46 Å². The highest BCUT2D eigenvalue weighted by atomic mass is 35.5. The van der Waals surface area contributed by atoms with Crippen molar-refractivity contribution in [1.29, 1.82) is 0 Å². The molecule has 0 heterocycles. The Morgan fingerprint density at radius 1 is 1.11 bits per heavy atom. The van der Waals surface area contributed by atoms with Gasteiger partial charge in [-0.2, -0.15) is 0 Å². The Hall–Kier alpha value is -1.15. The Bertz CT molecular complexity index is 719. The second-order valence-corrected chi connectivity index (χ2v) is 7.74. The van der Waals surface area contributed by atoms with E-state index in [9.17, 15) is 10.2 Å². The first kappa shape index (κ1) is 23.1. The van der Waals surface area contributed by atoms with Crippen LogP contribution in [0.5, 0.6) is 5.75 Å². The van der Waals surface area contributed by atoms with Gasteiger partial charge in [0.1, 0.15) is 18.5 Å². The molecule has 5 nitrogen and oxygen atoms in total.